The van der Waals surface area contributed by atoms with Crippen LogP contribution in [-0.2, 0) is 0 Å². The van der Waals surface area contributed by atoms with Gasteiger partial charge < -0.3 is 4.74 Å². The van der Waals surface area contributed by atoms with E-state index in [0.29, 0.717) is 18.2 Å². The van der Waals surface area contributed by atoms with Crippen molar-refractivity contribution in [2.45, 2.75) is 13.8 Å². The number of benzene rings is 3. The van der Waals surface area contributed by atoms with Crippen LogP contribution < -0.4 is 18.0 Å². The Balaban J connectivity index is 2.42. The second-order valence-corrected chi connectivity index (χ2v) is 9.37. The summed E-state index contributed by atoms with van der Waals surface area (Å²) in [5.74, 6) is -5.86. The molecule has 3 aromatic rings. The molecule has 0 aliphatic heterocycles. The third kappa shape index (κ3) is 4.00. The number of halogens is 6. The number of aryl methyl sites for hydroxylation is 2. The molecule has 0 radical (unpaired) electrons. The molecule has 3 rings (SSSR count). The topological polar surface area (TPSA) is 9.23 Å². The highest BCUT2D eigenvalue weighted by atomic mass is 27.2. The van der Waals surface area contributed by atoms with E-state index in [-0.39, 0.29) is 30.2 Å². The Morgan fingerprint density at radius 2 is 1.10 bits per heavy atom. The van der Waals surface area contributed by atoms with Gasteiger partial charge in [0.2, 0.25) is 0 Å². The van der Waals surface area contributed by atoms with Gasteiger partial charge in [0.25, 0.3) is 0 Å². The van der Waals surface area contributed by atoms with Crippen LogP contribution in [-0.4, -0.2) is 21.3 Å². The average molecular weight is 424 g/mol. The standard InChI is InChI=1S/C7H5F2O.2C7H5F2.Al/c1-10-7-3-5(8)2-6(9)4-7;2*1-5-2-3-6(8)4-7(5)9;/h2-3H,1H3;2*2,4H,1H3;. The summed E-state index contributed by atoms with van der Waals surface area (Å²) in [5.41, 5.74) is 0.138. The summed E-state index contributed by atoms with van der Waals surface area (Å²) < 4.78 is 90.3. The van der Waals surface area contributed by atoms with Crippen molar-refractivity contribution in [3.63, 3.8) is 0 Å². The largest absolute Gasteiger partial charge is 0.498 e. The number of ether oxygens (including phenoxy) is 1. The van der Waals surface area contributed by atoms with Crippen molar-refractivity contribution in [2.75, 3.05) is 7.11 Å². The van der Waals surface area contributed by atoms with E-state index in [4.69, 9.17) is 4.74 Å². The fourth-order valence-corrected chi connectivity index (χ4v) is 6.64. The predicted molar refractivity (Wildman–Crippen MR) is 99.8 cm³/mol. The minimum Gasteiger partial charge on any atom is -0.498 e. The van der Waals surface area contributed by atoms with Crippen molar-refractivity contribution in [3.05, 3.63) is 82.4 Å². The predicted octanol–water partition coefficient (Wildman–Crippen LogP) is 3.66. The molecule has 0 heterocycles. The van der Waals surface area contributed by atoms with Gasteiger partial charge in [0.05, 0.1) is 7.11 Å². The molecule has 0 N–H and O–H groups in total. The normalized spacial score (nSPS) is 10.9. The van der Waals surface area contributed by atoms with E-state index in [1.807, 2.05) is 0 Å². The van der Waals surface area contributed by atoms with Gasteiger partial charge >= 0.3 is 14.1 Å². The first kappa shape index (κ1) is 21.3. The molecule has 1 nitrogen and oxygen atoms in total. The van der Waals surface area contributed by atoms with E-state index in [0.717, 1.165) is 6.07 Å². The number of hydrogen-bond acceptors (Lipinski definition) is 1. The summed E-state index contributed by atoms with van der Waals surface area (Å²) in [5, 5.41) is 0. The monoisotopic (exact) mass is 424 g/mol. The quantitative estimate of drug-likeness (QED) is 0.459. The van der Waals surface area contributed by atoms with Gasteiger partial charge in [0.15, 0.2) is 0 Å². The zero-order valence-electron chi connectivity index (χ0n) is 15.7. The van der Waals surface area contributed by atoms with Crippen LogP contribution in [0.2, 0.25) is 0 Å². The Morgan fingerprint density at radius 1 is 0.621 bits per heavy atom. The number of rotatable bonds is 4. The summed E-state index contributed by atoms with van der Waals surface area (Å²) in [7, 11) is 1.17. The van der Waals surface area contributed by atoms with Gasteiger partial charge in [0.1, 0.15) is 40.7 Å². The van der Waals surface area contributed by atoms with Crippen molar-refractivity contribution in [2.24, 2.45) is 0 Å². The van der Waals surface area contributed by atoms with Gasteiger partial charge in [-0.25, -0.2) is 26.3 Å². The zero-order chi connectivity index (χ0) is 21.5. The van der Waals surface area contributed by atoms with Gasteiger partial charge in [-0.1, -0.05) is 21.0 Å². The van der Waals surface area contributed by atoms with E-state index >= 15 is 0 Å². The third-order valence-electron chi connectivity index (χ3n) is 4.74. The fourth-order valence-electron chi connectivity index (χ4n) is 3.29. The minimum atomic E-state index is -3.35. The highest BCUT2D eigenvalue weighted by Crippen LogP contribution is 2.18. The van der Waals surface area contributed by atoms with Crippen LogP contribution in [0.25, 0.3) is 0 Å². The van der Waals surface area contributed by atoms with Gasteiger partial charge in [-0.2, -0.15) is 0 Å². The number of methoxy groups -OCH3 is 1. The van der Waals surface area contributed by atoms with Crippen LogP contribution in [0.1, 0.15) is 11.1 Å². The van der Waals surface area contributed by atoms with Gasteiger partial charge in [-0.05, 0) is 29.4 Å². The van der Waals surface area contributed by atoms with Crippen LogP contribution in [0, 0.1) is 48.8 Å². The third-order valence-corrected chi connectivity index (χ3v) is 8.01. The Morgan fingerprint density at radius 3 is 1.55 bits per heavy atom. The molecule has 29 heavy (non-hydrogen) atoms. The zero-order valence-corrected chi connectivity index (χ0v) is 16.9. The molecule has 0 aliphatic rings. The molecule has 0 fully saturated rings. The Kier molecular flexibility index (Phi) is 5.97. The molecule has 3 aromatic carbocycles. The lowest BCUT2D eigenvalue weighted by Crippen LogP contribution is -2.56. The van der Waals surface area contributed by atoms with Gasteiger partial charge in [0, 0.05) is 24.3 Å². The Bertz CT molecular complexity index is 1040. The first-order valence-electron chi connectivity index (χ1n) is 8.58. The van der Waals surface area contributed by atoms with E-state index in [1.54, 1.807) is 0 Å². The van der Waals surface area contributed by atoms with Crippen molar-refractivity contribution in [1.82, 2.24) is 0 Å². The molecule has 0 saturated carbocycles. The highest BCUT2D eigenvalue weighted by molar-refractivity contribution is 6.96. The van der Waals surface area contributed by atoms with Crippen LogP contribution in [0.3, 0.4) is 0 Å². The smallest absolute Gasteiger partial charge is 0.403 e. The maximum absolute atomic E-state index is 14.9. The first-order chi connectivity index (χ1) is 13.6. The molecule has 0 spiro atoms. The SMILES string of the molecule is COc1cc(F)cc(F)[c]1[Al]([c]1cc(C)c(F)cc1F)[c]1cc(C)c(F)cc1F. The molecule has 0 atom stereocenters. The second kappa shape index (κ2) is 8.13. The maximum Gasteiger partial charge on any atom is 0.403 e. The Hall–Kier alpha value is -2.43. The lowest BCUT2D eigenvalue weighted by molar-refractivity contribution is 0.411. The summed E-state index contributed by atoms with van der Waals surface area (Å²) in [4.78, 5) is 0. The molecule has 0 aliphatic carbocycles. The van der Waals surface area contributed by atoms with Crippen molar-refractivity contribution >= 4 is 27.4 Å². The molecule has 0 aromatic heterocycles. The highest BCUT2D eigenvalue weighted by Gasteiger charge is 2.37. The van der Waals surface area contributed by atoms with Gasteiger partial charge in [-0.15, -0.1) is 0 Å². The lowest BCUT2D eigenvalue weighted by Gasteiger charge is -2.20. The summed E-state index contributed by atoms with van der Waals surface area (Å²) in [6.45, 7) is 2.77. The van der Waals surface area contributed by atoms with Crippen molar-refractivity contribution in [1.29, 1.82) is 0 Å². The fraction of sp³-hybridized carbons (Fsp3) is 0.143. The van der Waals surface area contributed by atoms with E-state index in [9.17, 15) is 26.3 Å². The van der Waals surface area contributed by atoms with Crippen molar-refractivity contribution < 1.29 is 31.1 Å². The maximum atomic E-state index is 14.9. The minimum absolute atomic E-state index is 0.0691. The first-order valence-corrected chi connectivity index (χ1v) is 10.3. The summed E-state index contributed by atoms with van der Waals surface area (Å²) in [6, 6.07) is 5.09. The lowest BCUT2D eigenvalue weighted by atomic mass is 10.2. The van der Waals surface area contributed by atoms with Crippen LogP contribution in [0.5, 0.6) is 5.75 Å². The second-order valence-electron chi connectivity index (χ2n) is 6.68. The molecule has 0 amide bonds. The Labute approximate surface area is 167 Å². The van der Waals surface area contributed by atoms with Crippen LogP contribution in [0.4, 0.5) is 26.3 Å². The van der Waals surface area contributed by atoms with E-state index < -0.39 is 49.1 Å². The van der Waals surface area contributed by atoms with Crippen molar-refractivity contribution in [3.8, 4) is 5.75 Å². The van der Waals surface area contributed by atoms with Crippen LogP contribution >= 0.6 is 0 Å². The van der Waals surface area contributed by atoms with E-state index in [2.05, 4.69) is 0 Å². The molecule has 0 unspecified atom stereocenters. The summed E-state index contributed by atoms with van der Waals surface area (Å²) in [6.07, 6.45) is 0. The molecule has 8 heteroatoms. The van der Waals surface area contributed by atoms with E-state index in [1.165, 1.54) is 33.1 Å². The number of hydrogen-bond donors (Lipinski definition) is 0. The molecule has 0 bridgehead atoms. The summed E-state index contributed by atoms with van der Waals surface area (Å²) >= 11 is -3.35. The molecule has 150 valence electrons. The average Bonchev–Trinajstić information content (AvgIpc) is 2.64. The molecular formula is C21H15AlF6O. The molecule has 0 saturated heterocycles. The van der Waals surface area contributed by atoms with Crippen LogP contribution in [0.15, 0.2) is 36.4 Å². The molecular weight excluding hydrogens is 409 g/mol. The van der Waals surface area contributed by atoms with Gasteiger partial charge in [-0.3, -0.25) is 0 Å².